The zero-order valence-electron chi connectivity index (χ0n) is 20.4. The molecule has 0 aliphatic heterocycles. The topological polar surface area (TPSA) is 78.5 Å². The van der Waals surface area contributed by atoms with Crippen LogP contribution in [0.4, 0.5) is 5.69 Å². The van der Waals surface area contributed by atoms with Crippen molar-refractivity contribution in [2.24, 2.45) is 0 Å². The summed E-state index contributed by atoms with van der Waals surface area (Å²) in [6.07, 6.45) is 0. The van der Waals surface area contributed by atoms with Gasteiger partial charge in [-0.1, -0.05) is 36.4 Å². The molecule has 34 heavy (non-hydrogen) atoms. The molecule has 2 N–H and O–H groups in total. The summed E-state index contributed by atoms with van der Waals surface area (Å²) >= 11 is 0. The van der Waals surface area contributed by atoms with Crippen molar-refractivity contribution in [3.05, 3.63) is 94.5 Å². The van der Waals surface area contributed by atoms with Crippen molar-refractivity contribution in [2.45, 2.75) is 51.7 Å². The van der Waals surface area contributed by atoms with E-state index in [4.69, 9.17) is 0 Å². The number of amides is 1. The van der Waals surface area contributed by atoms with Gasteiger partial charge in [0.25, 0.3) is 15.9 Å². The molecule has 0 saturated heterocycles. The second-order valence-corrected chi connectivity index (χ2v) is 10.5. The molecule has 0 aliphatic rings. The Hall–Kier alpha value is -3.16. The van der Waals surface area contributed by atoms with Gasteiger partial charge >= 0.3 is 0 Å². The zero-order chi connectivity index (χ0) is 24.9. The van der Waals surface area contributed by atoms with Crippen LogP contribution in [0.1, 0.15) is 46.5 Å². The number of hydrogen-bond donors (Lipinski definition) is 2. The predicted molar refractivity (Wildman–Crippen MR) is 137 cm³/mol. The highest BCUT2D eigenvalue weighted by atomic mass is 32.2. The Morgan fingerprint density at radius 2 is 1.56 bits per heavy atom. The van der Waals surface area contributed by atoms with Gasteiger partial charge in [0.2, 0.25) is 0 Å². The number of benzene rings is 3. The van der Waals surface area contributed by atoms with E-state index in [2.05, 4.69) is 41.9 Å². The molecule has 0 radical (unpaired) electrons. The van der Waals surface area contributed by atoms with Gasteiger partial charge in [-0.25, -0.2) is 8.42 Å². The number of sulfonamides is 1. The molecule has 0 spiro atoms. The fourth-order valence-electron chi connectivity index (χ4n) is 3.46. The maximum absolute atomic E-state index is 12.8. The molecule has 0 fully saturated rings. The van der Waals surface area contributed by atoms with Gasteiger partial charge in [0.15, 0.2) is 0 Å². The third-order valence-corrected chi connectivity index (χ3v) is 7.52. The number of anilines is 1. The first-order valence-corrected chi connectivity index (χ1v) is 12.8. The van der Waals surface area contributed by atoms with Gasteiger partial charge in [-0.15, -0.1) is 0 Å². The van der Waals surface area contributed by atoms with Crippen LogP contribution in [0.5, 0.6) is 0 Å². The van der Waals surface area contributed by atoms with Crippen molar-refractivity contribution in [3.63, 3.8) is 0 Å². The lowest BCUT2D eigenvalue weighted by Crippen LogP contribution is -2.27. The van der Waals surface area contributed by atoms with Crippen molar-refractivity contribution < 1.29 is 13.2 Å². The molecule has 0 bridgehead atoms. The van der Waals surface area contributed by atoms with Crippen LogP contribution in [0.15, 0.2) is 71.6 Å². The first-order valence-electron chi connectivity index (χ1n) is 11.3. The summed E-state index contributed by atoms with van der Waals surface area (Å²) in [5.41, 5.74) is 5.05. The lowest BCUT2D eigenvalue weighted by molar-refractivity contribution is 0.0950. The van der Waals surface area contributed by atoms with Gasteiger partial charge in [0.05, 0.1) is 10.6 Å². The van der Waals surface area contributed by atoms with Crippen LogP contribution in [0.25, 0.3) is 0 Å². The van der Waals surface area contributed by atoms with Crippen LogP contribution in [0.3, 0.4) is 0 Å². The van der Waals surface area contributed by atoms with E-state index in [9.17, 15) is 13.2 Å². The van der Waals surface area contributed by atoms with Crippen molar-refractivity contribution in [1.29, 1.82) is 0 Å². The van der Waals surface area contributed by atoms with E-state index in [1.54, 1.807) is 6.07 Å². The molecular formula is C27H33N3O3S. The molecule has 3 aromatic carbocycles. The third-order valence-electron chi connectivity index (χ3n) is 6.13. The van der Waals surface area contributed by atoms with E-state index in [1.807, 2.05) is 44.2 Å². The van der Waals surface area contributed by atoms with Gasteiger partial charge in [-0.2, -0.15) is 0 Å². The fourth-order valence-corrected chi connectivity index (χ4v) is 4.59. The minimum absolute atomic E-state index is 0.104. The van der Waals surface area contributed by atoms with Gasteiger partial charge in [-0.3, -0.25) is 14.4 Å². The number of rotatable bonds is 9. The summed E-state index contributed by atoms with van der Waals surface area (Å²) in [6, 6.07) is 19.9. The average molecular weight is 480 g/mol. The van der Waals surface area contributed by atoms with E-state index in [-0.39, 0.29) is 10.8 Å². The van der Waals surface area contributed by atoms with Crippen LogP contribution in [0.2, 0.25) is 0 Å². The minimum atomic E-state index is -3.76. The van der Waals surface area contributed by atoms with E-state index in [0.29, 0.717) is 23.8 Å². The molecule has 0 unspecified atom stereocenters. The van der Waals surface area contributed by atoms with E-state index in [0.717, 1.165) is 28.8 Å². The third kappa shape index (κ3) is 6.24. The SMILES string of the molecule is Cc1cccc(NS(=O)(=O)c2ccc(C(=O)NCc3ccccc3CN(C)C(C)C)cc2)c1C. The molecule has 7 heteroatoms. The molecular weight excluding hydrogens is 446 g/mol. The molecule has 3 rings (SSSR count). The number of nitrogens with one attached hydrogen (secondary N) is 2. The van der Waals surface area contributed by atoms with Gasteiger partial charge in [-0.05, 0) is 87.3 Å². The zero-order valence-corrected chi connectivity index (χ0v) is 21.2. The van der Waals surface area contributed by atoms with Crippen LogP contribution >= 0.6 is 0 Å². The minimum Gasteiger partial charge on any atom is -0.348 e. The van der Waals surface area contributed by atoms with Crippen LogP contribution < -0.4 is 10.0 Å². The quantitative estimate of drug-likeness (QED) is 0.459. The molecule has 6 nitrogen and oxygen atoms in total. The highest BCUT2D eigenvalue weighted by Gasteiger charge is 2.17. The maximum atomic E-state index is 12.8. The Balaban J connectivity index is 1.67. The summed E-state index contributed by atoms with van der Waals surface area (Å²) in [7, 11) is -1.69. The highest BCUT2D eigenvalue weighted by Crippen LogP contribution is 2.22. The second kappa shape index (κ2) is 10.8. The number of carbonyl (C=O) groups is 1. The smallest absolute Gasteiger partial charge is 0.261 e. The predicted octanol–water partition coefficient (Wildman–Crippen LogP) is 4.87. The summed E-state index contributed by atoms with van der Waals surface area (Å²) in [5, 5.41) is 2.95. The first-order chi connectivity index (χ1) is 16.1. The number of nitrogens with zero attached hydrogens (tertiary/aromatic N) is 1. The molecule has 0 heterocycles. The Labute approximate surface area is 203 Å². The molecule has 1 amide bonds. The lowest BCUT2D eigenvalue weighted by Gasteiger charge is -2.22. The lowest BCUT2D eigenvalue weighted by atomic mass is 10.1. The Morgan fingerprint density at radius 3 is 2.21 bits per heavy atom. The standard InChI is InChI=1S/C27H33N3O3S/c1-19(2)30(5)18-24-11-7-6-10-23(24)17-28-27(31)22-13-15-25(16-14-22)34(32,33)29-26-12-8-9-20(3)21(26)4/h6-16,19,29H,17-18H2,1-5H3,(H,28,31). The van der Waals surface area contributed by atoms with Crippen LogP contribution in [0, 0.1) is 13.8 Å². The van der Waals surface area contributed by atoms with Gasteiger partial charge in [0, 0.05) is 24.7 Å². The summed E-state index contributed by atoms with van der Waals surface area (Å²) < 4.78 is 28.3. The summed E-state index contributed by atoms with van der Waals surface area (Å²) in [6.45, 7) is 9.29. The maximum Gasteiger partial charge on any atom is 0.261 e. The Kier molecular flexibility index (Phi) is 8.12. The number of carbonyl (C=O) groups excluding carboxylic acids is 1. The van der Waals surface area contributed by atoms with Crippen molar-refractivity contribution in [3.8, 4) is 0 Å². The molecule has 0 aliphatic carbocycles. The molecule has 0 saturated carbocycles. The Morgan fingerprint density at radius 1 is 0.912 bits per heavy atom. The molecule has 180 valence electrons. The fraction of sp³-hybridized carbons (Fsp3) is 0.296. The largest absolute Gasteiger partial charge is 0.348 e. The van der Waals surface area contributed by atoms with Crippen LogP contribution in [-0.2, 0) is 23.1 Å². The van der Waals surface area contributed by atoms with E-state index >= 15 is 0 Å². The first kappa shape index (κ1) is 25.5. The van der Waals surface area contributed by atoms with Crippen molar-refractivity contribution in [2.75, 3.05) is 11.8 Å². The van der Waals surface area contributed by atoms with E-state index < -0.39 is 10.0 Å². The van der Waals surface area contributed by atoms with E-state index in [1.165, 1.54) is 24.3 Å². The summed E-state index contributed by atoms with van der Waals surface area (Å²) in [5.74, 6) is -0.251. The number of aryl methyl sites for hydroxylation is 1. The number of hydrogen-bond acceptors (Lipinski definition) is 4. The normalized spacial score (nSPS) is 11.6. The monoisotopic (exact) mass is 479 g/mol. The Bertz CT molecular complexity index is 1250. The molecule has 0 atom stereocenters. The van der Waals surface area contributed by atoms with Crippen molar-refractivity contribution >= 4 is 21.6 Å². The average Bonchev–Trinajstić information content (AvgIpc) is 2.81. The van der Waals surface area contributed by atoms with Gasteiger partial charge < -0.3 is 5.32 Å². The molecule has 3 aromatic rings. The van der Waals surface area contributed by atoms with Gasteiger partial charge in [0.1, 0.15) is 0 Å². The van der Waals surface area contributed by atoms with Crippen molar-refractivity contribution in [1.82, 2.24) is 10.2 Å². The summed E-state index contributed by atoms with van der Waals surface area (Å²) in [4.78, 5) is 15.1. The van der Waals surface area contributed by atoms with Crippen LogP contribution in [-0.4, -0.2) is 32.3 Å². The second-order valence-electron chi connectivity index (χ2n) is 8.84. The molecule has 0 aromatic heterocycles. The highest BCUT2D eigenvalue weighted by molar-refractivity contribution is 7.92.